The van der Waals surface area contributed by atoms with Gasteiger partial charge in [-0.1, -0.05) is 0 Å². The van der Waals surface area contributed by atoms with E-state index in [1.807, 2.05) is 11.8 Å². The number of carbonyl (C=O) groups excluding carboxylic acids is 2. The van der Waals surface area contributed by atoms with Gasteiger partial charge in [0.25, 0.3) is 0 Å². The Balaban J connectivity index is 2.52. The summed E-state index contributed by atoms with van der Waals surface area (Å²) in [5.74, 6) is 1.65. The fourth-order valence-electron chi connectivity index (χ4n) is 1.59. The maximum absolute atomic E-state index is 12.1. The SMILES string of the molecule is CCOC(=O)C(C)(C)C(=O)CN1CCSCC1. The maximum atomic E-state index is 12.1. The van der Waals surface area contributed by atoms with Crippen molar-refractivity contribution in [2.75, 3.05) is 37.7 Å². The van der Waals surface area contributed by atoms with Crippen molar-refractivity contribution in [1.82, 2.24) is 4.90 Å². The van der Waals surface area contributed by atoms with E-state index in [-0.39, 0.29) is 5.78 Å². The lowest BCUT2D eigenvalue weighted by molar-refractivity contribution is -0.158. The van der Waals surface area contributed by atoms with Gasteiger partial charge in [0, 0.05) is 24.6 Å². The second-order valence-electron chi connectivity index (χ2n) is 4.66. The molecule has 1 aliphatic rings. The number of rotatable bonds is 5. The smallest absolute Gasteiger partial charge is 0.319 e. The van der Waals surface area contributed by atoms with E-state index in [4.69, 9.17) is 4.74 Å². The molecule has 1 saturated heterocycles. The van der Waals surface area contributed by atoms with Crippen LogP contribution in [0.5, 0.6) is 0 Å². The van der Waals surface area contributed by atoms with Crippen LogP contribution in [0.25, 0.3) is 0 Å². The van der Waals surface area contributed by atoms with E-state index in [2.05, 4.69) is 4.90 Å². The van der Waals surface area contributed by atoms with Crippen LogP contribution in [0.3, 0.4) is 0 Å². The Morgan fingerprint density at radius 2 is 1.88 bits per heavy atom. The van der Waals surface area contributed by atoms with Gasteiger partial charge in [0.15, 0.2) is 5.78 Å². The highest BCUT2D eigenvalue weighted by molar-refractivity contribution is 7.99. The predicted octanol–water partition coefficient (Wildman–Crippen LogP) is 1.19. The fourth-order valence-corrected chi connectivity index (χ4v) is 2.56. The largest absolute Gasteiger partial charge is 0.465 e. The molecular weight excluding hydrogens is 238 g/mol. The number of esters is 1. The van der Waals surface area contributed by atoms with Gasteiger partial charge in [0.2, 0.25) is 0 Å². The van der Waals surface area contributed by atoms with Crippen LogP contribution in [0.1, 0.15) is 20.8 Å². The Morgan fingerprint density at radius 3 is 2.41 bits per heavy atom. The van der Waals surface area contributed by atoms with Gasteiger partial charge in [-0.15, -0.1) is 0 Å². The molecule has 0 saturated carbocycles. The van der Waals surface area contributed by atoms with Crippen LogP contribution < -0.4 is 0 Å². The predicted molar refractivity (Wildman–Crippen MR) is 69.2 cm³/mol. The molecule has 0 spiro atoms. The number of Topliss-reactive ketones (excluding diaryl/α,β-unsaturated/α-hetero) is 1. The molecule has 0 bridgehead atoms. The maximum Gasteiger partial charge on any atom is 0.319 e. The summed E-state index contributed by atoms with van der Waals surface area (Å²) >= 11 is 1.90. The van der Waals surface area contributed by atoms with Gasteiger partial charge in [-0.25, -0.2) is 0 Å². The van der Waals surface area contributed by atoms with Crippen LogP contribution in [0, 0.1) is 5.41 Å². The summed E-state index contributed by atoms with van der Waals surface area (Å²) in [6.07, 6.45) is 0. The van der Waals surface area contributed by atoms with Gasteiger partial charge in [-0.05, 0) is 20.8 Å². The van der Waals surface area contributed by atoms with Crippen LogP contribution in [-0.2, 0) is 14.3 Å². The van der Waals surface area contributed by atoms with Crippen LogP contribution >= 0.6 is 11.8 Å². The monoisotopic (exact) mass is 259 g/mol. The van der Waals surface area contributed by atoms with Gasteiger partial charge in [-0.3, -0.25) is 14.5 Å². The molecule has 0 N–H and O–H groups in total. The zero-order valence-corrected chi connectivity index (χ0v) is 11.6. The molecule has 0 aromatic heterocycles. The van der Waals surface area contributed by atoms with E-state index in [9.17, 15) is 9.59 Å². The van der Waals surface area contributed by atoms with Gasteiger partial charge < -0.3 is 4.74 Å². The Bertz CT molecular complexity index is 285. The van der Waals surface area contributed by atoms with Gasteiger partial charge in [0.1, 0.15) is 5.41 Å². The van der Waals surface area contributed by atoms with E-state index in [1.165, 1.54) is 0 Å². The number of carbonyl (C=O) groups is 2. The van der Waals surface area contributed by atoms with Crippen LogP contribution in [-0.4, -0.2) is 54.4 Å². The summed E-state index contributed by atoms with van der Waals surface area (Å²) in [6, 6.07) is 0. The van der Waals surface area contributed by atoms with E-state index in [0.717, 1.165) is 24.6 Å². The third kappa shape index (κ3) is 4.00. The molecule has 1 rings (SSSR count). The van der Waals surface area contributed by atoms with Crippen molar-refractivity contribution in [3.63, 3.8) is 0 Å². The highest BCUT2D eigenvalue weighted by atomic mass is 32.2. The summed E-state index contributed by atoms with van der Waals surface area (Å²) in [6.45, 7) is 7.56. The second kappa shape index (κ2) is 6.40. The van der Waals surface area contributed by atoms with Gasteiger partial charge in [0.05, 0.1) is 13.2 Å². The molecule has 1 aliphatic heterocycles. The Morgan fingerprint density at radius 1 is 1.29 bits per heavy atom. The molecule has 17 heavy (non-hydrogen) atoms. The molecule has 4 nitrogen and oxygen atoms in total. The first-order valence-corrected chi connectivity index (χ1v) is 7.14. The summed E-state index contributed by atoms with van der Waals surface area (Å²) < 4.78 is 4.93. The molecule has 0 amide bonds. The van der Waals surface area contributed by atoms with E-state index >= 15 is 0 Å². The Hall–Kier alpha value is -0.550. The first-order valence-electron chi connectivity index (χ1n) is 5.99. The lowest BCUT2D eigenvalue weighted by atomic mass is 9.88. The standard InChI is InChI=1S/C12H21NO3S/c1-4-16-11(15)12(2,3)10(14)9-13-5-7-17-8-6-13/h4-9H2,1-3H3. The summed E-state index contributed by atoms with van der Waals surface area (Å²) in [4.78, 5) is 25.9. The summed E-state index contributed by atoms with van der Waals surface area (Å²) in [7, 11) is 0. The van der Waals surface area contributed by atoms with Crippen molar-refractivity contribution in [2.24, 2.45) is 5.41 Å². The number of ether oxygens (including phenoxy) is 1. The number of ketones is 1. The minimum absolute atomic E-state index is 0.0529. The highest BCUT2D eigenvalue weighted by Crippen LogP contribution is 2.20. The average molecular weight is 259 g/mol. The normalized spacial score (nSPS) is 17.8. The van der Waals surface area contributed by atoms with Crippen molar-refractivity contribution in [1.29, 1.82) is 0 Å². The fraction of sp³-hybridized carbons (Fsp3) is 0.833. The van der Waals surface area contributed by atoms with Gasteiger partial charge in [-0.2, -0.15) is 11.8 Å². The first-order chi connectivity index (χ1) is 7.98. The van der Waals surface area contributed by atoms with Crippen molar-refractivity contribution >= 4 is 23.5 Å². The highest BCUT2D eigenvalue weighted by Gasteiger charge is 2.37. The molecule has 1 fully saturated rings. The van der Waals surface area contributed by atoms with Gasteiger partial charge >= 0.3 is 5.97 Å². The van der Waals surface area contributed by atoms with Crippen molar-refractivity contribution in [3.8, 4) is 0 Å². The molecule has 1 heterocycles. The Kier molecular flexibility index (Phi) is 5.46. The number of hydrogen-bond acceptors (Lipinski definition) is 5. The third-order valence-electron chi connectivity index (χ3n) is 2.95. The van der Waals surface area contributed by atoms with E-state index in [1.54, 1.807) is 20.8 Å². The minimum Gasteiger partial charge on any atom is -0.465 e. The topological polar surface area (TPSA) is 46.6 Å². The molecular formula is C12H21NO3S. The first kappa shape index (κ1) is 14.5. The third-order valence-corrected chi connectivity index (χ3v) is 3.90. The zero-order chi connectivity index (χ0) is 12.9. The number of hydrogen-bond donors (Lipinski definition) is 0. The minimum atomic E-state index is -1.03. The van der Waals surface area contributed by atoms with Crippen LogP contribution in [0.4, 0.5) is 0 Å². The molecule has 0 radical (unpaired) electrons. The summed E-state index contributed by atoms with van der Waals surface area (Å²) in [5, 5.41) is 0. The molecule has 0 unspecified atom stereocenters. The Labute approximate surface area is 107 Å². The molecule has 0 atom stereocenters. The summed E-state index contributed by atoms with van der Waals surface area (Å²) in [5.41, 5.74) is -1.03. The quantitative estimate of drug-likeness (QED) is 0.548. The molecule has 0 aromatic carbocycles. The number of thioether (sulfide) groups is 1. The zero-order valence-electron chi connectivity index (χ0n) is 10.8. The second-order valence-corrected chi connectivity index (χ2v) is 5.88. The van der Waals surface area contributed by atoms with Crippen LogP contribution in [0.15, 0.2) is 0 Å². The average Bonchev–Trinajstić information content (AvgIpc) is 2.30. The molecule has 5 heteroatoms. The molecule has 0 aromatic rings. The van der Waals surface area contributed by atoms with Crippen LogP contribution in [0.2, 0.25) is 0 Å². The molecule has 98 valence electrons. The number of nitrogens with zero attached hydrogens (tertiary/aromatic N) is 1. The molecule has 0 aliphatic carbocycles. The van der Waals surface area contributed by atoms with Crippen molar-refractivity contribution < 1.29 is 14.3 Å². The van der Waals surface area contributed by atoms with E-state index < -0.39 is 11.4 Å². The van der Waals surface area contributed by atoms with E-state index in [0.29, 0.717) is 13.2 Å². The van der Waals surface area contributed by atoms with Crippen molar-refractivity contribution in [2.45, 2.75) is 20.8 Å². The van der Waals surface area contributed by atoms with Crippen molar-refractivity contribution in [3.05, 3.63) is 0 Å². The lowest BCUT2D eigenvalue weighted by Gasteiger charge is -2.29. The lowest BCUT2D eigenvalue weighted by Crippen LogP contribution is -2.44.